The molecule has 0 aliphatic rings. The number of alkyl halides is 3. The molecule has 144 valence electrons. The van der Waals surface area contributed by atoms with Gasteiger partial charge in [-0.1, -0.05) is 25.6 Å². The van der Waals surface area contributed by atoms with Crippen molar-refractivity contribution in [2.75, 3.05) is 5.84 Å². The minimum absolute atomic E-state index is 0.0172. The second-order valence-corrected chi connectivity index (χ2v) is 11.4. The molecule has 0 bridgehead atoms. The molecule has 0 unspecified atom stereocenters. The van der Waals surface area contributed by atoms with Crippen LogP contribution in [-0.4, -0.2) is 17.3 Å². The van der Waals surface area contributed by atoms with Gasteiger partial charge in [0.1, 0.15) is 19.7 Å². The summed E-state index contributed by atoms with van der Waals surface area (Å²) < 4.78 is 66.6. The van der Waals surface area contributed by atoms with E-state index in [4.69, 9.17) is 5.84 Å². The summed E-state index contributed by atoms with van der Waals surface area (Å²) in [5.74, 6) is 5.33. The second-order valence-electron chi connectivity index (χ2n) is 6.64. The minimum atomic E-state index is -5.08. The van der Waals surface area contributed by atoms with Crippen molar-refractivity contribution in [2.45, 2.75) is 25.8 Å². The first-order chi connectivity index (χ1) is 12.2. The van der Waals surface area contributed by atoms with E-state index in [1.165, 1.54) is 0 Å². The van der Waals surface area contributed by atoms with E-state index in [9.17, 15) is 31.5 Å². The Balaban J connectivity index is 2.72. The zero-order chi connectivity index (χ0) is 20.7. The first-order valence-corrected chi connectivity index (χ1v) is 11.0. The molecule has 0 aliphatic heterocycles. The van der Waals surface area contributed by atoms with E-state index in [0.29, 0.717) is 12.1 Å². The Kier molecular flexibility index (Phi) is 5.07. The number of benzene rings is 1. The van der Waals surface area contributed by atoms with Crippen molar-refractivity contribution >= 4 is 8.07 Å². The van der Waals surface area contributed by atoms with Crippen LogP contribution in [0, 0.1) is 23.1 Å². The van der Waals surface area contributed by atoms with Gasteiger partial charge in [0, 0.05) is 12.1 Å². The van der Waals surface area contributed by atoms with Crippen molar-refractivity contribution in [1.29, 1.82) is 0 Å². The Morgan fingerprint density at radius 3 is 2.15 bits per heavy atom. The molecule has 1 aromatic carbocycles. The third-order valence-corrected chi connectivity index (χ3v) is 4.15. The molecule has 0 saturated heterocycles. The zero-order valence-corrected chi connectivity index (χ0v) is 15.4. The van der Waals surface area contributed by atoms with Gasteiger partial charge in [0.2, 0.25) is 0 Å². The molecule has 2 aromatic rings. The van der Waals surface area contributed by atoms with Crippen molar-refractivity contribution in [3.05, 3.63) is 61.9 Å². The number of aromatic nitrogens is 2. The van der Waals surface area contributed by atoms with Gasteiger partial charge in [-0.05, 0) is 6.07 Å². The molecule has 0 spiro atoms. The summed E-state index contributed by atoms with van der Waals surface area (Å²) in [6, 6.07) is 1.21. The number of nitrogens with zero attached hydrogens (tertiary/aromatic N) is 2. The van der Waals surface area contributed by atoms with Crippen LogP contribution in [0.5, 0.6) is 0 Å². The van der Waals surface area contributed by atoms with Crippen LogP contribution in [0.2, 0.25) is 19.6 Å². The average molecular weight is 403 g/mol. The third-order valence-electron chi connectivity index (χ3n) is 3.28. The Morgan fingerprint density at radius 2 is 1.63 bits per heavy atom. The first-order valence-electron chi connectivity index (χ1n) is 7.46. The molecular weight excluding hydrogens is 389 g/mol. The number of nitrogen functional groups attached to an aromatic ring is 1. The van der Waals surface area contributed by atoms with Crippen molar-refractivity contribution in [2.24, 2.45) is 0 Å². The van der Waals surface area contributed by atoms with E-state index in [-0.39, 0.29) is 20.9 Å². The van der Waals surface area contributed by atoms with Crippen molar-refractivity contribution in [1.82, 2.24) is 9.24 Å². The fourth-order valence-corrected chi connectivity index (χ4v) is 2.56. The molecule has 1 heterocycles. The lowest BCUT2D eigenvalue weighted by molar-refractivity contribution is -0.143. The topological polar surface area (TPSA) is 70.0 Å². The molecule has 0 fully saturated rings. The third kappa shape index (κ3) is 4.28. The van der Waals surface area contributed by atoms with Crippen LogP contribution in [0.25, 0.3) is 5.69 Å². The monoisotopic (exact) mass is 403 g/mol. The molecular formula is C16H14F5N3O2Si. The van der Waals surface area contributed by atoms with Crippen LogP contribution in [0.15, 0.2) is 27.8 Å². The quantitative estimate of drug-likeness (QED) is 0.344. The van der Waals surface area contributed by atoms with Crippen molar-refractivity contribution in [3.63, 3.8) is 0 Å². The summed E-state index contributed by atoms with van der Waals surface area (Å²) in [4.78, 5) is 24.0. The second kappa shape index (κ2) is 6.69. The molecule has 0 aliphatic carbocycles. The highest BCUT2D eigenvalue weighted by Crippen LogP contribution is 2.26. The Morgan fingerprint density at radius 1 is 1.04 bits per heavy atom. The predicted molar refractivity (Wildman–Crippen MR) is 91.6 cm³/mol. The minimum Gasteiger partial charge on any atom is -0.335 e. The van der Waals surface area contributed by atoms with Crippen LogP contribution in [-0.2, 0) is 6.18 Å². The van der Waals surface area contributed by atoms with Gasteiger partial charge in [-0.15, -0.1) is 5.54 Å². The lowest BCUT2D eigenvalue weighted by Crippen LogP contribution is -2.45. The van der Waals surface area contributed by atoms with Crippen LogP contribution < -0.4 is 17.1 Å². The van der Waals surface area contributed by atoms with Gasteiger partial charge < -0.3 is 5.84 Å². The lowest BCUT2D eigenvalue weighted by atomic mass is 10.2. The van der Waals surface area contributed by atoms with Crippen molar-refractivity contribution in [3.8, 4) is 17.2 Å². The molecule has 2 N–H and O–H groups in total. The Hall–Kier alpha value is -2.87. The number of nitrogens with two attached hydrogens (primary N) is 1. The van der Waals surface area contributed by atoms with E-state index in [2.05, 4.69) is 11.5 Å². The van der Waals surface area contributed by atoms with Crippen LogP contribution in [0.1, 0.15) is 11.3 Å². The molecule has 5 nitrogen and oxygen atoms in total. The SMILES string of the molecule is C[Si](C)(C)C#Cc1cc(F)c(-n2c(=O)cc(C(F)(F)F)n(N)c2=O)cc1F. The molecule has 2 rings (SSSR count). The molecule has 0 atom stereocenters. The van der Waals surface area contributed by atoms with E-state index >= 15 is 0 Å². The summed E-state index contributed by atoms with van der Waals surface area (Å²) in [7, 11) is -1.89. The highest BCUT2D eigenvalue weighted by Gasteiger charge is 2.36. The van der Waals surface area contributed by atoms with Crippen LogP contribution in [0.4, 0.5) is 22.0 Å². The van der Waals surface area contributed by atoms with E-state index in [1.54, 1.807) is 0 Å². The van der Waals surface area contributed by atoms with Gasteiger partial charge >= 0.3 is 11.9 Å². The maximum absolute atomic E-state index is 14.4. The number of hydrogen-bond acceptors (Lipinski definition) is 3. The summed E-state index contributed by atoms with van der Waals surface area (Å²) in [6.07, 6.45) is -5.08. The molecule has 0 saturated carbocycles. The lowest BCUT2D eigenvalue weighted by Gasteiger charge is -2.14. The summed E-state index contributed by atoms with van der Waals surface area (Å²) in [5, 5.41) is 0. The van der Waals surface area contributed by atoms with Crippen molar-refractivity contribution < 1.29 is 22.0 Å². The largest absolute Gasteiger partial charge is 0.433 e. The molecule has 0 amide bonds. The maximum Gasteiger partial charge on any atom is 0.433 e. The standard InChI is InChI=1S/C16H14F5N3O2Si/c1-27(2,3)5-4-9-6-11(18)12(7-10(9)17)23-14(25)8-13(16(19,20)21)24(22)15(23)26/h6-8H,22H2,1-3H3. The smallest absolute Gasteiger partial charge is 0.335 e. The fourth-order valence-electron chi connectivity index (χ4n) is 2.05. The number of halogens is 5. The van der Waals surface area contributed by atoms with E-state index in [0.717, 1.165) is 0 Å². The van der Waals surface area contributed by atoms with Gasteiger partial charge in [-0.3, -0.25) is 4.79 Å². The summed E-state index contributed by atoms with van der Waals surface area (Å²) in [5.41, 5.74) is -3.24. The average Bonchev–Trinajstić information content (AvgIpc) is 2.50. The predicted octanol–water partition coefficient (Wildman–Crippen LogP) is 2.24. The Bertz CT molecular complexity index is 1090. The Labute approximate surface area is 150 Å². The number of rotatable bonds is 1. The van der Waals surface area contributed by atoms with Gasteiger partial charge in [0.05, 0.1) is 11.3 Å². The molecule has 11 heteroatoms. The van der Waals surface area contributed by atoms with Gasteiger partial charge in [-0.25, -0.2) is 22.8 Å². The van der Waals surface area contributed by atoms with Gasteiger partial charge in [0.25, 0.3) is 5.56 Å². The van der Waals surface area contributed by atoms with E-state index in [1.807, 2.05) is 19.6 Å². The highest BCUT2D eigenvalue weighted by atomic mass is 28.3. The highest BCUT2D eigenvalue weighted by molar-refractivity contribution is 6.83. The molecule has 0 radical (unpaired) electrons. The normalized spacial score (nSPS) is 11.9. The van der Waals surface area contributed by atoms with Crippen LogP contribution in [0.3, 0.4) is 0 Å². The summed E-state index contributed by atoms with van der Waals surface area (Å²) >= 11 is 0. The molecule has 27 heavy (non-hydrogen) atoms. The van der Waals surface area contributed by atoms with Gasteiger partial charge in [-0.2, -0.15) is 13.2 Å². The first kappa shape index (κ1) is 20.4. The van der Waals surface area contributed by atoms with E-state index < -0.39 is 48.5 Å². The molecule has 1 aromatic heterocycles. The number of hydrogen-bond donors (Lipinski definition) is 1. The summed E-state index contributed by atoms with van der Waals surface area (Å²) in [6.45, 7) is 5.65. The zero-order valence-electron chi connectivity index (χ0n) is 14.4. The van der Waals surface area contributed by atoms with Crippen LogP contribution >= 0.6 is 0 Å². The van der Waals surface area contributed by atoms with Gasteiger partial charge in [0.15, 0.2) is 5.69 Å². The fraction of sp³-hybridized carbons (Fsp3) is 0.250. The maximum atomic E-state index is 14.4.